The Bertz CT molecular complexity index is 7260. The minimum Gasteiger partial charge on any atom is -0.316 e. The molecular weight excluding hydrogens is 1310 g/mol. The molecule has 0 radical (unpaired) electrons. The van der Waals surface area contributed by atoms with Crippen LogP contribution in [0.5, 0.6) is 0 Å². The predicted octanol–water partition coefficient (Wildman–Crippen LogP) is 25.7. The molecule has 0 aliphatic heterocycles. The molecule has 22 aromatic rings. The molecule has 0 amide bonds. The summed E-state index contributed by atoms with van der Waals surface area (Å²) >= 11 is 0. The van der Waals surface area contributed by atoms with Gasteiger partial charge in [0.15, 0.2) is 11.6 Å². The third-order valence-corrected chi connectivity index (χ3v) is 21.5. The van der Waals surface area contributed by atoms with Gasteiger partial charge in [-0.2, -0.15) is 0 Å². The molecule has 6 heterocycles. The number of para-hydroxylation sites is 6. The first-order valence-electron chi connectivity index (χ1n) is 36.7. The topological polar surface area (TPSA) is 71.3 Å². The molecule has 16 aromatic carbocycles. The molecule has 0 saturated carbocycles. The average Bonchev–Trinajstić information content (AvgIpc) is 1.57. The summed E-state index contributed by atoms with van der Waals surface area (Å²) in [4.78, 5) is 20.8. The summed E-state index contributed by atoms with van der Waals surface area (Å²) in [7, 11) is 0. The summed E-state index contributed by atoms with van der Waals surface area (Å²) in [6.07, 6.45) is 4.36. The van der Waals surface area contributed by atoms with Gasteiger partial charge in [0.05, 0.1) is 55.5 Å². The average molecular weight is 1380 g/mol. The maximum absolute atomic E-state index is 5.34. The van der Waals surface area contributed by atoms with Crippen molar-refractivity contribution in [3.8, 4) is 90.3 Å². The first kappa shape index (κ1) is 62.0. The van der Waals surface area contributed by atoms with Gasteiger partial charge < -0.3 is 18.3 Å². The summed E-state index contributed by atoms with van der Waals surface area (Å²) in [5.74, 6) is 1.41. The number of benzene rings is 16. The molecule has 0 aliphatic carbocycles. The first-order valence-corrected chi connectivity index (χ1v) is 36.7. The minimum atomic E-state index is 0.705. The molecular formula is C100H64N8. The van der Waals surface area contributed by atoms with Crippen LogP contribution < -0.4 is 0 Å². The van der Waals surface area contributed by atoms with Crippen LogP contribution in [-0.4, -0.2) is 38.2 Å². The summed E-state index contributed by atoms with van der Waals surface area (Å²) in [5.41, 5.74) is 24.3. The summed E-state index contributed by atoms with van der Waals surface area (Å²) in [5, 5.41) is 14.2. The molecule has 0 bridgehead atoms. The zero-order valence-corrected chi connectivity index (χ0v) is 58.5. The van der Waals surface area contributed by atoms with Gasteiger partial charge in [0, 0.05) is 100 Å². The van der Waals surface area contributed by atoms with E-state index in [0.717, 1.165) is 78.2 Å². The Morgan fingerprint density at radius 3 is 1.10 bits per heavy atom. The van der Waals surface area contributed by atoms with Gasteiger partial charge in [-0.25, -0.2) is 19.9 Å². The van der Waals surface area contributed by atoms with E-state index in [2.05, 4.69) is 401 Å². The number of hydrogen-bond acceptors (Lipinski definition) is 4. The largest absolute Gasteiger partial charge is 0.316 e. The lowest BCUT2D eigenvalue weighted by molar-refractivity contribution is 1.13. The highest BCUT2D eigenvalue weighted by Crippen LogP contribution is 2.43. The molecule has 6 aromatic heterocycles. The number of aromatic nitrogens is 8. The molecule has 8 nitrogen and oxygen atoms in total. The standard InChI is InChI=1S/2C50H32N4/c1-3-11-33(12-4-1)35-19-20-37-32-38(22-21-36(37)31-35)48-43-16-7-9-17-45(43)51-50(52-48)34-23-25-40(26-24-34)54-47-18-10-8-15-41(47)42-27-28-46-44(49(42)54)29-30-53(46)39-13-5-2-6-14-39;1-3-13-33(14-4-1)37-27-28-41(39-18-8-7-17-38(37)39)48-43-20-9-11-21-45(43)51-50(52-48)34-23-25-36(26-24-34)54-47-22-12-10-19-40(47)42-29-30-46-44(49(42)54)31-32-53(46)35-15-5-2-6-16-35/h2*1-32H. The van der Waals surface area contributed by atoms with Gasteiger partial charge in [-0.1, -0.05) is 243 Å². The van der Waals surface area contributed by atoms with E-state index >= 15 is 0 Å². The predicted molar refractivity (Wildman–Crippen MR) is 449 cm³/mol. The normalized spacial score (nSPS) is 11.7. The Labute approximate surface area is 621 Å². The zero-order valence-electron chi connectivity index (χ0n) is 58.5. The number of hydrogen-bond donors (Lipinski definition) is 0. The van der Waals surface area contributed by atoms with E-state index in [0.29, 0.717) is 11.6 Å². The van der Waals surface area contributed by atoms with Crippen LogP contribution in [-0.2, 0) is 0 Å². The van der Waals surface area contributed by atoms with Gasteiger partial charge in [-0.3, -0.25) is 0 Å². The van der Waals surface area contributed by atoms with Crippen LogP contribution in [0.1, 0.15) is 0 Å². The van der Waals surface area contributed by atoms with Crippen LogP contribution >= 0.6 is 0 Å². The van der Waals surface area contributed by atoms with E-state index in [1.165, 1.54) is 109 Å². The highest BCUT2D eigenvalue weighted by Gasteiger charge is 2.22. The number of rotatable bonds is 10. The summed E-state index contributed by atoms with van der Waals surface area (Å²) < 4.78 is 9.34. The fourth-order valence-corrected chi connectivity index (χ4v) is 16.5. The second kappa shape index (κ2) is 25.7. The van der Waals surface area contributed by atoms with E-state index in [-0.39, 0.29) is 0 Å². The van der Waals surface area contributed by atoms with E-state index in [4.69, 9.17) is 19.9 Å². The third kappa shape index (κ3) is 10.4. The fourth-order valence-electron chi connectivity index (χ4n) is 16.5. The molecule has 0 spiro atoms. The maximum Gasteiger partial charge on any atom is 0.160 e. The lowest BCUT2D eigenvalue weighted by Crippen LogP contribution is -1.98. The van der Waals surface area contributed by atoms with Crippen molar-refractivity contribution >= 4 is 109 Å². The van der Waals surface area contributed by atoms with Crippen LogP contribution in [0, 0.1) is 0 Å². The van der Waals surface area contributed by atoms with E-state index < -0.39 is 0 Å². The van der Waals surface area contributed by atoms with Gasteiger partial charge in [0.1, 0.15) is 0 Å². The van der Waals surface area contributed by atoms with Crippen molar-refractivity contribution < 1.29 is 0 Å². The molecule has 0 aliphatic rings. The molecule has 108 heavy (non-hydrogen) atoms. The summed E-state index contributed by atoms with van der Waals surface area (Å²) in [6.45, 7) is 0. The van der Waals surface area contributed by atoms with Gasteiger partial charge in [-0.05, 0) is 177 Å². The van der Waals surface area contributed by atoms with Crippen molar-refractivity contribution in [2.24, 2.45) is 0 Å². The Morgan fingerprint density at radius 2 is 0.583 bits per heavy atom. The molecule has 8 heteroatoms. The van der Waals surface area contributed by atoms with Crippen molar-refractivity contribution in [1.29, 1.82) is 0 Å². The molecule has 0 N–H and O–H groups in total. The molecule has 0 unspecified atom stereocenters. The van der Waals surface area contributed by atoms with Crippen molar-refractivity contribution in [3.63, 3.8) is 0 Å². The van der Waals surface area contributed by atoms with E-state index in [1.807, 2.05) is 6.07 Å². The van der Waals surface area contributed by atoms with Crippen molar-refractivity contribution in [2.45, 2.75) is 0 Å². The molecule has 0 atom stereocenters. The highest BCUT2D eigenvalue weighted by molar-refractivity contribution is 6.20. The van der Waals surface area contributed by atoms with E-state index in [9.17, 15) is 0 Å². The second-order valence-corrected chi connectivity index (χ2v) is 27.7. The summed E-state index contributed by atoms with van der Waals surface area (Å²) in [6, 6.07) is 134. The number of nitrogens with zero attached hydrogens (tertiary/aromatic N) is 8. The maximum atomic E-state index is 5.34. The fraction of sp³-hybridized carbons (Fsp3) is 0. The van der Waals surface area contributed by atoms with Crippen molar-refractivity contribution in [1.82, 2.24) is 38.2 Å². The number of fused-ring (bicyclic) bond motifs is 14. The molecule has 504 valence electrons. The second-order valence-electron chi connectivity index (χ2n) is 27.7. The Kier molecular flexibility index (Phi) is 14.7. The minimum absolute atomic E-state index is 0.705. The van der Waals surface area contributed by atoms with Crippen LogP contribution in [0.3, 0.4) is 0 Å². The van der Waals surface area contributed by atoms with Gasteiger partial charge in [0.25, 0.3) is 0 Å². The van der Waals surface area contributed by atoms with E-state index in [1.54, 1.807) is 0 Å². The molecule has 0 saturated heterocycles. The smallest absolute Gasteiger partial charge is 0.160 e. The van der Waals surface area contributed by atoms with Crippen LogP contribution in [0.4, 0.5) is 0 Å². The molecule has 22 rings (SSSR count). The van der Waals surface area contributed by atoms with Crippen LogP contribution in [0.25, 0.3) is 199 Å². The van der Waals surface area contributed by atoms with Gasteiger partial charge >= 0.3 is 0 Å². The highest BCUT2D eigenvalue weighted by atomic mass is 15.0. The Hall–Kier alpha value is -14.6. The first-order chi connectivity index (χ1) is 53.6. The Morgan fingerprint density at radius 1 is 0.194 bits per heavy atom. The molecule has 0 fully saturated rings. The van der Waals surface area contributed by atoms with Crippen LogP contribution in [0.2, 0.25) is 0 Å². The third-order valence-electron chi connectivity index (χ3n) is 21.5. The quantitative estimate of drug-likeness (QED) is 0.137. The lowest BCUT2D eigenvalue weighted by atomic mass is 9.93. The van der Waals surface area contributed by atoms with Gasteiger partial charge in [0.2, 0.25) is 0 Å². The monoisotopic (exact) mass is 1380 g/mol. The Balaban J connectivity index is 0.000000138. The zero-order chi connectivity index (χ0) is 71.2. The SMILES string of the molecule is c1ccc(-c2ccc(-c3nc(-c4ccc(-n5c6ccccc6c6ccc7c(ccn7-c7ccccc7)c65)cc4)nc4ccccc34)c3ccccc23)cc1.c1ccc(-c2ccc3cc(-c4nc(-c5ccc(-n6c7ccccc7c7ccc8c(ccn8-c8ccccc8)c76)cc5)nc5ccccc45)ccc3c2)cc1. The lowest BCUT2D eigenvalue weighted by Gasteiger charge is -2.14. The van der Waals surface area contributed by atoms with Crippen LogP contribution in [0.15, 0.2) is 389 Å². The van der Waals surface area contributed by atoms with Crippen molar-refractivity contribution in [3.05, 3.63) is 389 Å². The van der Waals surface area contributed by atoms with Crippen molar-refractivity contribution in [2.75, 3.05) is 0 Å². The van der Waals surface area contributed by atoms with Gasteiger partial charge in [-0.15, -0.1) is 0 Å².